The van der Waals surface area contributed by atoms with E-state index in [1.165, 1.54) is 16.9 Å². The molecule has 0 aliphatic carbocycles. The number of hydrogen-bond acceptors (Lipinski definition) is 6. The molecule has 2 heterocycles. The van der Waals surface area contributed by atoms with Gasteiger partial charge in [0.2, 0.25) is 0 Å². The fraction of sp³-hybridized carbons (Fsp3) is 0.323. The molecule has 1 atom stereocenters. The van der Waals surface area contributed by atoms with Crippen LogP contribution in [0.25, 0.3) is 6.08 Å². The quantitative estimate of drug-likeness (QED) is 0.265. The number of nitrogens with zero attached hydrogens (tertiary/aromatic N) is 2. The predicted molar refractivity (Wildman–Crippen MR) is 152 cm³/mol. The number of carbonyl (C=O) groups excluding carboxylic acids is 1. The summed E-state index contributed by atoms with van der Waals surface area (Å²) in [7, 11) is 0. The Hall–Kier alpha value is -3.71. The maximum Gasteiger partial charge on any atom is 0.338 e. The average Bonchev–Trinajstić information content (AvgIpc) is 3.21. The molecule has 7 heteroatoms. The highest BCUT2D eigenvalue weighted by atomic mass is 32.1. The van der Waals surface area contributed by atoms with Crippen LogP contribution in [0.4, 0.5) is 0 Å². The Morgan fingerprint density at radius 2 is 1.95 bits per heavy atom. The van der Waals surface area contributed by atoms with Gasteiger partial charge in [0.05, 0.1) is 28.5 Å². The first-order chi connectivity index (χ1) is 18.4. The summed E-state index contributed by atoms with van der Waals surface area (Å²) in [6.45, 7) is 12.4. The van der Waals surface area contributed by atoms with Gasteiger partial charge in [0, 0.05) is 0 Å². The molecular weight excluding hydrogens is 496 g/mol. The lowest BCUT2D eigenvalue weighted by Crippen LogP contribution is -2.40. The minimum atomic E-state index is -0.613. The van der Waals surface area contributed by atoms with Crippen molar-refractivity contribution in [3.63, 3.8) is 0 Å². The van der Waals surface area contributed by atoms with Gasteiger partial charge < -0.3 is 9.47 Å². The number of thiazole rings is 1. The lowest BCUT2D eigenvalue weighted by Gasteiger charge is -2.26. The molecule has 1 aromatic heterocycles. The Morgan fingerprint density at radius 3 is 2.61 bits per heavy atom. The largest absolute Gasteiger partial charge is 0.490 e. The molecule has 0 spiro atoms. The number of ether oxygens (including phenoxy) is 2. The Morgan fingerprint density at radius 1 is 1.18 bits per heavy atom. The third-order valence-corrected chi connectivity index (χ3v) is 7.32. The molecule has 0 bridgehead atoms. The van der Waals surface area contributed by atoms with E-state index >= 15 is 0 Å². The van der Waals surface area contributed by atoms with E-state index in [1.807, 2.05) is 42.5 Å². The first kappa shape index (κ1) is 27.3. The van der Waals surface area contributed by atoms with E-state index in [2.05, 4.69) is 39.5 Å². The van der Waals surface area contributed by atoms with Gasteiger partial charge in [0.1, 0.15) is 12.4 Å². The summed E-state index contributed by atoms with van der Waals surface area (Å²) in [5.41, 5.74) is 3.81. The molecule has 0 saturated carbocycles. The average molecular weight is 531 g/mol. The predicted octanol–water partition coefficient (Wildman–Crippen LogP) is 5.27. The minimum absolute atomic E-state index is 0.193. The van der Waals surface area contributed by atoms with Gasteiger partial charge in [-0.15, -0.1) is 0 Å². The highest BCUT2D eigenvalue weighted by Crippen LogP contribution is 2.33. The zero-order valence-corrected chi connectivity index (χ0v) is 23.2. The normalized spacial score (nSPS) is 15.3. The van der Waals surface area contributed by atoms with Crippen LogP contribution in [-0.2, 0) is 9.53 Å². The summed E-state index contributed by atoms with van der Waals surface area (Å²) in [6.07, 6.45) is 4.96. The zero-order valence-electron chi connectivity index (χ0n) is 22.4. The molecule has 4 rings (SSSR count). The van der Waals surface area contributed by atoms with Crippen molar-refractivity contribution in [2.45, 2.75) is 52.5 Å². The fourth-order valence-electron chi connectivity index (χ4n) is 4.50. The van der Waals surface area contributed by atoms with E-state index in [0.717, 1.165) is 17.5 Å². The molecule has 0 fully saturated rings. The van der Waals surface area contributed by atoms with Crippen LogP contribution in [0.3, 0.4) is 0 Å². The zero-order chi connectivity index (χ0) is 27.2. The SMILES string of the molecule is C=CCOc1cccc(/C=c2\sc3n(c2=O)[C@H](c2ccc(C(C)C)cc2)C(C(=O)OCC)=C(CCC)N=3)c1. The van der Waals surface area contributed by atoms with Crippen molar-refractivity contribution >= 4 is 23.4 Å². The topological polar surface area (TPSA) is 69.9 Å². The molecule has 1 aliphatic heterocycles. The number of fused-ring (bicyclic) bond motifs is 1. The maximum atomic E-state index is 13.9. The lowest BCUT2D eigenvalue weighted by molar-refractivity contribution is -0.139. The van der Waals surface area contributed by atoms with Crippen LogP contribution >= 0.6 is 11.3 Å². The van der Waals surface area contributed by atoms with Crippen LogP contribution in [0.15, 0.2) is 82.2 Å². The van der Waals surface area contributed by atoms with Crippen LogP contribution in [0.2, 0.25) is 0 Å². The van der Waals surface area contributed by atoms with E-state index < -0.39 is 12.0 Å². The van der Waals surface area contributed by atoms with E-state index in [4.69, 9.17) is 14.5 Å². The summed E-state index contributed by atoms with van der Waals surface area (Å²) < 4.78 is 13.3. The van der Waals surface area contributed by atoms with Gasteiger partial charge in [0.15, 0.2) is 4.80 Å². The molecule has 0 N–H and O–H groups in total. The van der Waals surface area contributed by atoms with Crippen molar-refractivity contribution in [1.82, 2.24) is 4.57 Å². The molecule has 0 unspecified atom stereocenters. The van der Waals surface area contributed by atoms with Crippen molar-refractivity contribution in [1.29, 1.82) is 0 Å². The van der Waals surface area contributed by atoms with Crippen LogP contribution in [0.1, 0.15) is 69.2 Å². The molecule has 2 aromatic carbocycles. The molecule has 38 heavy (non-hydrogen) atoms. The standard InChI is InChI=1S/C31H34N2O4S/c1-6-10-25-27(30(35)36-8-3)28(23-15-13-22(14-16-23)20(4)5)33-29(34)26(38-31(33)32-25)19-21-11-9-12-24(18-21)37-17-7-2/h7,9,11-16,18-20,28H,2,6,8,10,17H2,1,3-5H3/b26-19-/t28-/m1/s1. The molecule has 0 radical (unpaired) electrons. The summed E-state index contributed by atoms with van der Waals surface area (Å²) >= 11 is 1.33. The molecule has 198 valence electrons. The third kappa shape index (κ3) is 5.73. The van der Waals surface area contributed by atoms with Crippen LogP contribution < -0.4 is 19.6 Å². The molecule has 0 amide bonds. The minimum Gasteiger partial charge on any atom is -0.490 e. The number of carbonyl (C=O) groups is 1. The Balaban J connectivity index is 1.92. The number of benzene rings is 2. The molecule has 0 saturated heterocycles. The van der Waals surface area contributed by atoms with Gasteiger partial charge in [-0.05, 0) is 54.2 Å². The van der Waals surface area contributed by atoms with Crippen LogP contribution in [0, 0.1) is 0 Å². The number of rotatable bonds is 10. The third-order valence-electron chi connectivity index (χ3n) is 6.33. The van der Waals surface area contributed by atoms with E-state index in [1.54, 1.807) is 17.6 Å². The van der Waals surface area contributed by atoms with Crippen molar-refractivity contribution < 1.29 is 14.3 Å². The summed E-state index contributed by atoms with van der Waals surface area (Å²) in [6, 6.07) is 15.1. The number of allylic oxidation sites excluding steroid dienone is 1. The van der Waals surface area contributed by atoms with E-state index in [9.17, 15) is 9.59 Å². The second-order valence-electron chi connectivity index (χ2n) is 9.41. The van der Waals surface area contributed by atoms with Gasteiger partial charge in [-0.2, -0.15) is 0 Å². The summed E-state index contributed by atoms with van der Waals surface area (Å²) in [5, 5.41) is 0. The van der Waals surface area contributed by atoms with Gasteiger partial charge >= 0.3 is 5.97 Å². The molecular formula is C31H34N2O4S. The Labute approximate surface area is 227 Å². The highest BCUT2D eigenvalue weighted by Gasteiger charge is 2.34. The van der Waals surface area contributed by atoms with Crippen molar-refractivity contribution in [3.05, 3.63) is 109 Å². The second kappa shape index (κ2) is 12.2. The Kier molecular flexibility index (Phi) is 8.79. The van der Waals surface area contributed by atoms with Crippen LogP contribution in [0.5, 0.6) is 5.75 Å². The van der Waals surface area contributed by atoms with E-state index in [0.29, 0.717) is 45.3 Å². The van der Waals surface area contributed by atoms with Crippen molar-refractivity contribution in [3.8, 4) is 5.75 Å². The summed E-state index contributed by atoms with van der Waals surface area (Å²) in [5.74, 6) is 0.636. The first-order valence-electron chi connectivity index (χ1n) is 13.0. The monoisotopic (exact) mass is 530 g/mol. The van der Waals surface area contributed by atoms with Crippen molar-refractivity contribution in [2.24, 2.45) is 4.99 Å². The molecule has 6 nitrogen and oxygen atoms in total. The van der Waals surface area contributed by atoms with Gasteiger partial charge in [-0.3, -0.25) is 9.36 Å². The fourth-order valence-corrected chi connectivity index (χ4v) is 5.52. The highest BCUT2D eigenvalue weighted by molar-refractivity contribution is 7.07. The smallest absolute Gasteiger partial charge is 0.338 e. The molecule has 3 aromatic rings. The molecule has 1 aliphatic rings. The van der Waals surface area contributed by atoms with E-state index in [-0.39, 0.29) is 12.2 Å². The maximum absolute atomic E-state index is 13.9. The van der Waals surface area contributed by atoms with Crippen molar-refractivity contribution in [2.75, 3.05) is 13.2 Å². The first-order valence-corrected chi connectivity index (χ1v) is 13.8. The van der Waals surface area contributed by atoms with Gasteiger partial charge in [-0.25, -0.2) is 9.79 Å². The number of hydrogen-bond donors (Lipinski definition) is 0. The van der Waals surface area contributed by atoms with Gasteiger partial charge in [-0.1, -0.05) is 87.6 Å². The second-order valence-corrected chi connectivity index (χ2v) is 10.4. The summed E-state index contributed by atoms with van der Waals surface area (Å²) in [4.78, 5) is 32.6. The number of esters is 1. The van der Waals surface area contributed by atoms with Gasteiger partial charge in [0.25, 0.3) is 5.56 Å². The Bertz CT molecular complexity index is 1530. The lowest BCUT2D eigenvalue weighted by atomic mass is 9.92. The van der Waals surface area contributed by atoms with Crippen LogP contribution in [-0.4, -0.2) is 23.8 Å². The number of aromatic nitrogens is 1.